The van der Waals surface area contributed by atoms with Gasteiger partial charge in [-0.2, -0.15) is 0 Å². The van der Waals surface area contributed by atoms with E-state index in [9.17, 15) is 9.90 Å². The van der Waals surface area contributed by atoms with Crippen molar-refractivity contribution in [3.63, 3.8) is 0 Å². The highest BCUT2D eigenvalue weighted by Gasteiger charge is 2.09. The zero-order valence-corrected chi connectivity index (χ0v) is 13.5. The van der Waals surface area contributed by atoms with Crippen molar-refractivity contribution >= 4 is 5.78 Å². The summed E-state index contributed by atoms with van der Waals surface area (Å²) in [5, 5.41) is 13.3. The molecule has 2 N–H and O–H groups in total. The van der Waals surface area contributed by atoms with Crippen molar-refractivity contribution in [2.75, 3.05) is 13.2 Å². The fourth-order valence-corrected chi connectivity index (χ4v) is 2.21. The Balaban J connectivity index is 1.74. The van der Waals surface area contributed by atoms with Gasteiger partial charge in [-0.25, -0.2) is 0 Å². The molecule has 122 valence electrons. The standard InChI is InChI=1S/C19H23NO3/c1-14(16-6-4-3-5-7-16)20-12-18(22)13-23-19-10-8-17(9-11-19)15(2)21/h3-11,14,18,20,22H,12-13H2,1-2H3/t14-,18+/m1/s1. The van der Waals surface area contributed by atoms with Gasteiger partial charge in [0.2, 0.25) is 0 Å². The first-order chi connectivity index (χ1) is 11.1. The summed E-state index contributed by atoms with van der Waals surface area (Å²) in [7, 11) is 0. The number of Topliss-reactive ketones (excluding diaryl/α,β-unsaturated/α-hetero) is 1. The molecule has 0 bridgehead atoms. The number of ether oxygens (including phenoxy) is 1. The topological polar surface area (TPSA) is 58.6 Å². The van der Waals surface area contributed by atoms with Gasteiger partial charge in [0.15, 0.2) is 5.78 Å². The Hall–Kier alpha value is -2.17. The molecule has 0 radical (unpaired) electrons. The average Bonchev–Trinajstić information content (AvgIpc) is 2.59. The highest BCUT2D eigenvalue weighted by atomic mass is 16.5. The molecular weight excluding hydrogens is 290 g/mol. The highest BCUT2D eigenvalue weighted by molar-refractivity contribution is 5.94. The molecule has 2 atom stereocenters. The number of nitrogens with one attached hydrogen (secondary N) is 1. The highest BCUT2D eigenvalue weighted by Crippen LogP contribution is 2.13. The first-order valence-electron chi connectivity index (χ1n) is 7.76. The van der Waals surface area contributed by atoms with Gasteiger partial charge in [-0.3, -0.25) is 4.79 Å². The molecule has 4 nitrogen and oxygen atoms in total. The van der Waals surface area contributed by atoms with E-state index in [-0.39, 0.29) is 18.4 Å². The fraction of sp³-hybridized carbons (Fsp3) is 0.316. The number of ketones is 1. The lowest BCUT2D eigenvalue weighted by Gasteiger charge is -2.18. The van der Waals surface area contributed by atoms with Crippen LogP contribution in [0.1, 0.15) is 35.8 Å². The van der Waals surface area contributed by atoms with Gasteiger partial charge in [0, 0.05) is 18.2 Å². The van der Waals surface area contributed by atoms with E-state index in [0.29, 0.717) is 17.9 Å². The lowest BCUT2D eigenvalue weighted by Crippen LogP contribution is -2.33. The zero-order chi connectivity index (χ0) is 16.7. The number of benzene rings is 2. The Morgan fingerprint density at radius 3 is 2.39 bits per heavy atom. The van der Waals surface area contributed by atoms with Gasteiger partial charge in [-0.15, -0.1) is 0 Å². The molecular formula is C19H23NO3. The predicted octanol–water partition coefficient (Wildman–Crippen LogP) is 2.98. The Kier molecular flexibility index (Phi) is 6.32. The Morgan fingerprint density at radius 2 is 1.78 bits per heavy atom. The Labute approximate surface area is 137 Å². The average molecular weight is 313 g/mol. The van der Waals surface area contributed by atoms with Gasteiger partial charge in [-0.05, 0) is 43.7 Å². The number of aliphatic hydroxyl groups excluding tert-OH is 1. The van der Waals surface area contributed by atoms with E-state index in [1.807, 2.05) is 18.2 Å². The summed E-state index contributed by atoms with van der Waals surface area (Å²) in [6.07, 6.45) is -0.603. The molecule has 2 aromatic carbocycles. The number of carbonyl (C=O) groups is 1. The van der Waals surface area contributed by atoms with Crippen molar-refractivity contribution in [3.8, 4) is 5.75 Å². The van der Waals surface area contributed by atoms with Crippen molar-refractivity contribution in [2.24, 2.45) is 0 Å². The minimum absolute atomic E-state index is 0.0238. The van der Waals surface area contributed by atoms with Gasteiger partial charge in [0.1, 0.15) is 18.5 Å². The predicted molar refractivity (Wildman–Crippen MR) is 90.8 cm³/mol. The van der Waals surface area contributed by atoms with Crippen LogP contribution >= 0.6 is 0 Å². The van der Waals surface area contributed by atoms with E-state index in [2.05, 4.69) is 24.4 Å². The molecule has 0 saturated carbocycles. The molecule has 0 saturated heterocycles. The Morgan fingerprint density at radius 1 is 1.13 bits per heavy atom. The zero-order valence-electron chi connectivity index (χ0n) is 13.5. The molecule has 0 heterocycles. The minimum atomic E-state index is -0.603. The summed E-state index contributed by atoms with van der Waals surface area (Å²) >= 11 is 0. The normalized spacial score (nSPS) is 13.3. The summed E-state index contributed by atoms with van der Waals surface area (Å²) in [5.74, 6) is 0.667. The molecule has 0 aliphatic carbocycles. The lowest BCUT2D eigenvalue weighted by molar-refractivity contribution is 0.101. The summed E-state index contributed by atoms with van der Waals surface area (Å²) in [5.41, 5.74) is 1.83. The van der Waals surface area contributed by atoms with Gasteiger partial charge < -0.3 is 15.2 Å². The fourth-order valence-electron chi connectivity index (χ4n) is 2.21. The quantitative estimate of drug-likeness (QED) is 0.736. The van der Waals surface area contributed by atoms with Gasteiger partial charge in [0.05, 0.1) is 0 Å². The molecule has 0 amide bonds. The van der Waals surface area contributed by atoms with Gasteiger partial charge in [-0.1, -0.05) is 30.3 Å². The second kappa shape index (κ2) is 8.46. The van der Waals surface area contributed by atoms with Crippen molar-refractivity contribution in [1.29, 1.82) is 0 Å². The monoisotopic (exact) mass is 313 g/mol. The number of aliphatic hydroxyl groups is 1. The largest absolute Gasteiger partial charge is 0.491 e. The third kappa shape index (κ3) is 5.51. The second-order valence-corrected chi connectivity index (χ2v) is 5.59. The van der Waals surface area contributed by atoms with Crippen molar-refractivity contribution in [1.82, 2.24) is 5.32 Å². The Bertz CT molecular complexity index is 610. The number of rotatable bonds is 8. The number of hydrogen-bond donors (Lipinski definition) is 2. The van der Waals surface area contributed by atoms with Crippen molar-refractivity contribution in [2.45, 2.75) is 26.0 Å². The molecule has 0 aliphatic heterocycles. The smallest absolute Gasteiger partial charge is 0.159 e. The van der Waals surface area contributed by atoms with E-state index in [1.165, 1.54) is 12.5 Å². The van der Waals surface area contributed by atoms with Crippen LogP contribution in [0.3, 0.4) is 0 Å². The molecule has 2 rings (SSSR count). The minimum Gasteiger partial charge on any atom is -0.491 e. The van der Waals surface area contributed by atoms with Crippen LogP contribution in [0.2, 0.25) is 0 Å². The summed E-state index contributed by atoms with van der Waals surface area (Å²) < 4.78 is 5.54. The van der Waals surface area contributed by atoms with Crippen LogP contribution in [0.5, 0.6) is 5.75 Å². The third-order valence-corrected chi connectivity index (χ3v) is 3.66. The van der Waals surface area contributed by atoms with Crippen LogP contribution < -0.4 is 10.1 Å². The van der Waals surface area contributed by atoms with Crippen molar-refractivity contribution in [3.05, 3.63) is 65.7 Å². The molecule has 2 aromatic rings. The molecule has 0 unspecified atom stereocenters. The molecule has 0 fully saturated rings. The van der Waals surface area contributed by atoms with Crippen LogP contribution in [0, 0.1) is 0 Å². The van der Waals surface area contributed by atoms with Crippen LogP contribution in [-0.4, -0.2) is 30.1 Å². The van der Waals surface area contributed by atoms with Crippen LogP contribution in [0.4, 0.5) is 0 Å². The summed E-state index contributed by atoms with van der Waals surface area (Å²) in [6, 6.07) is 17.2. The molecule has 0 aliphatic rings. The van der Waals surface area contributed by atoms with Gasteiger partial charge >= 0.3 is 0 Å². The van der Waals surface area contributed by atoms with Crippen LogP contribution in [-0.2, 0) is 0 Å². The summed E-state index contributed by atoms with van der Waals surface area (Å²) in [6.45, 7) is 4.23. The van der Waals surface area contributed by atoms with Gasteiger partial charge in [0.25, 0.3) is 0 Å². The van der Waals surface area contributed by atoms with E-state index in [1.54, 1.807) is 24.3 Å². The maximum absolute atomic E-state index is 11.2. The third-order valence-electron chi connectivity index (χ3n) is 3.66. The SMILES string of the molecule is CC(=O)c1ccc(OC[C@@H](O)CN[C@H](C)c2ccccc2)cc1. The van der Waals surface area contributed by atoms with Crippen LogP contribution in [0.15, 0.2) is 54.6 Å². The van der Waals surface area contributed by atoms with E-state index in [0.717, 1.165) is 0 Å². The lowest BCUT2D eigenvalue weighted by atomic mass is 10.1. The van der Waals surface area contributed by atoms with E-state index < -0.39 is 6.10 Å². The molecule has 4 heteroatoms. The van der Waals surface area contributed by atoms with E-state index >= 15 is 0 Å². The number of carbonyl (C=O) groups excluding carboxylic acids is 1. The molecule has 0 spiro atoms. The maximum Gasteiger partial charge on any atom is 0.159 e. The first kappa shape index (κ1) is 17.2. The summed E-state index contributed by atoms with van der Waals surface area (Å²) in [4.78, 5) is 11.2. The van der Waals surface area contributed by atoms with Crippen molar-refractivity contribution < 1.29 is 14.6 Å². The van der Waals surface area contributed by atoms with Crippen LogP contribution in [0.25, 0.3) is 0 Å². The number of hydrogen-bond acceptors (Lipinski definition) is 4. The molecule has 23 heavy (non-hydrogen) atoms. The first-order valence-corrected chi connectivity index (χ1v) is 7.76. The molecule has 0 aromatic heterocycles. The van der Waals surface area contributed by atoms with E-state index in [4.69, 9.17) is 4.74 Å². The maximum atomic E-state index is 11.2. The second-order valence-electron chi connectivity index (χ2n) is 5.59.